The molecular formula is C23H18FNO6. The highest BCUT2D eigenvalue weighted by molar-refractivity contribution is 6.46. The van der Waals surface area contributed by atoms with Crippen LogP contribution in [0.15, 0.2) is 70.9 Å². The second-order valence-corrected chi connectivity index (χ2v) is 6.95. The molecule has 0 bridgehead atoms. The van der Waals surface area contributed by atoms with Crippen LogP contribution in [0, 0.1) is 5.82 Å². The van der Waals surface area contributed by atoms with Crippen molar-refractivity contribution in [3.63, 3.8) is 0 Å². The predicted molar refractivity (Wildman–Crippen MR) is 108 cm³/mol. The normalized spacial score (nSPS) is 17.9. The highest BCUT2D eigenvalue weighted by Crippen LogP contribution is 2.41. The van der Waals surface area contributed by atoms with E-state index in [2.05, 4.69) is 0 Å². The van der Waals surface area contributed by atoms with E-state index in [1.165, 1.54) is 42.5 Å². The monoisotopic (exact) mass is 423 g/mol. The van der Waals surface area contributed by atoms with Crippen LogP contribution in [0.5, 0.6) is 11.5 Å². The molecule has 1 aromatic heterocycles. The third-order valence-electron chi connectivity index (χ3n) is 5.08. The first-order valence-electron chi connectivity index (χ1n) is 9.34. The third-order valence-corrected chi connectivity index (χ3v) is 5.08. The fraction of sp³-hybridized carbons (Fsp3) is 0.130. The van der Waals surface area contributed by atoms with E-state index in [1.807, 2.05) is 0 Å². The molecule has 158 valence electrons. The number of benzene rings is 2. The molecule has 0 spiro atoms. The van der Waals surface area contributed by atoms with E-state index in [0.717, 1.165) is 6.07 Å². The van der Waals surface area contributed by atoms with Gasteiger partial charge in [0, 0.05) is 5.56 Å². The lowest BCUT2D eigenvalue weighted by Gasteiger charge is -2.24. The number of carbonyl (C=O) groups is 2. The van der Waals surface area contributed by atoms with Crippen LogP contribution in [0.3, 0.4) is 0 Å². The summed E-state index contributed by atoms with van der Waals surface area (Å²) in [5, 5.41) is 20.6. The number of aliphatic hydroxyl groups excluding tert-OH is 1. The van der Waals surface area contributed by atoms with E-state index in [1.54, 1.807) is 24.3 Å². The number of amides is 1. The molecule has 1 saturated heterocycles. The highest BCUT2D eigenvalue weighted by atomic mass is 19.1. The van der Waals surface area contributed by atoms with Crippen LogP contribution < -0.4 is 4.74 Å². The number of likely N-dealkylation sites (tertiary alicyclic amines) is 1. The fourth-order valence-electron chi connectivity index (χ4n) is 3.59. The first-order valence-corrected chi connectivity index (χ1v) is 9.34. The van der Waals surface area contributed by atoms with Gasteiger partial charge in [0.1, 0.15) is 17.3 Å². The molecule has 1 fully saturated rings. The van der Waals surface area contributed by atoms with Gasteiger partial charge in [-0.15, -0.1) is 0 Å². The first kappa shape index (κ1) is 20.2. The lowest BCUT2D eigenvalue weighted by atomic mass is 9.95. The van der Waals surface area contributed by atoms with Crippen LogP contribution in [-0.2, 0) is 16.1 Å². The van der Waals surface area contributed by atoms with E-state index < -0.39 is 29.3 Å². The number of halogens is 1. The first-order chi connectivity index (χ1) is 14.9. The molecule has 2 N–H and O–H groups in total. The molecule has 0 saturated carbocycles. The molecule has 8 heteroatoms. The summed E-state index contributed by atoms with van der Waals surface area (Å²) in [6.45, 7) is -0.0170. The van der Waals surface area contributed by atoms with E-state index in [0.29, 0.717) is 11.3 Å². The van der Waals surface area contributed by atoms with Crippen LogP contribution in [0.25, 0.3) is 5.76 Å². The van der Waals surface area contributed by atoms with Crippen molar-refractivity contribution in [3.05, 3.63) is 89.1 Å². The van der Waals surface area contributed by atoms with Gasteiger partial charge in [-0.05, 0) is 48.0 Å². The Morgan fingerprint density at radius 3 is 2.52 bits per heavy atom. The van der Waals surface area contributed by atoms with Crippen molar-refractivity contribution < 1.29 is 33.3 Å². The van der Waals surface area contributed by atoms with Crippen molar-refractivity contribution >= 4 is 17.4 Å². The van der Waals surface area contributed by atoms with Gasteiger partial charge in [-0.2, -0.15) is 0 Å². The van der Waals surface area contributed by atoms with E-state index in [-0.39, 0.29) is 29.2 Å². The summed E-state index contributed by atoms with van der Waals surface area (Å²) in [4.78, 5) is 27.0. The maximum Gasteiger partial charge on any atom is 0.296 e. The Balaban J connectivity index is 1.86. The lowest BCUT2D eigenvalue weighted by Crippen LogP contribution is -2.29. The van der Waals surface area contributed by atoms with Gasteiger partial charge < -0.3 is 24.3 Å². The maximum absolute atomic E-state index is 14.2. The molecule has 0 radical (unpaired) electrons. The minimum atomic E-state index is -0.962. The van der Waals surface area contributed by atoms with Crippen LogP contribution >= 0.6 is 0 Å². The molecule has 0 unspecified atom stereocenters. The van der Waals surface area contributed by atoms with Crippen LogP contribution in [0.2, 0.25) is 0 Å². The Bertz CT molecular complexity index is 1170. The molecule has 2 heterocycles. The van der Waals surface area contributed by atoms with Gasteiger partial charge >= 0.3 is 0 Å². The zero-order chi connectivity index (χ0) is 22.1. The molecule has 1 aliphatic rings. The molecular weight excluding hydrogens is 405 g/mol. The number of aromatic hydroxyl groups is 1. The lowest BCUT2D eigenvalue weighted by molar-refractivity contribution is -0.140. The molecule has 2 aromatic carbocycles. The molecule has 31 heavy (non-hydrogen) atoms. The molecule has 0 aliphatic carbocycles. The number of ether oxygens (including phenoxy) is 1. The Labute approximate surface area is 176 Å². The van der Waals surface area contributed by atoms with Gasteiger partial charge in [-0.1, -0.05) is 12.1 Å². The van der Waals surface area contributed by atoms with Gasteiger partial charge in [0.25, 0.3) is 11.7 Å². The van der Waals surface area contributed by atoms with E-state index in [4.69, 9.17) is 9.15 Å². The number of Topliss-reactive ketones (excluding diaryl/α,β-unsaturated/α-hetero) is 1. The minimum absolute atomic E-state index is 0.00367. The number of carbonyl (C=O) groups excluding carboxylic acids is 2. The van der Waals surface area contributed by atoms with Crippen molar-refractivity contribution in [1.29, 1.82) is 0 Å². The quantitative estimate of drug-likeness (QED) is 0.368. The number of phenols is 1. The predicted octanol–water partition coefficient (Wildman–Crippen LogP) is 3.75. The molecule has 7 nitrogen and oxygen atoms in total. The Morgan fingerprint density at radius 1 is 1.16 bits per heavy atom. The van der Waals surface area contributed by atoms with Gasteiger partial charge in [-0.25, -0.2) is 4.39 Å². The average molecular weight is 423 g/mol. The van der Waals surface area contributed by atoms with E-state index in [9.17, 15) is 24.2 Å². The summed E-state index contributed by atoms with van der Waals surface area (Å²) in [6.07, 6.45) is 1.45. The zero-order valence-electron chi connectivity index (χ0n) is 16.4. The summed E-state index contributed by atoms with van der Waals surface area (Å²) in [5.74, 6) is -2.55. The largest absolute Gasteiger partial charge is 0.508 e. The number of hydrogen-bond donors (Lipinski definition) is 2. The number of aliphatic hydroxyl groups is 1. The Hall–Kier alpha value is -4.07. The van der Waals surface area contributed by atoms with Gasteiger partial charge in [0.15, 0.2) is 11.6 Å². The topological polar surface area (TPSA) is 100 Å². The number of ketones is 1. The standard InChI is InChI=1S/C23H18FNO6/c1-30-18-9-6-14(11-17(18)24)21(27)19-20(13-4-7-15(26)8-5-13)25(23(29)22(19)28)12-16-3-2-10-31-16/h2-11,20,26-27H,12H2,1H3/t20-/m1/s1. The number of nitrogens with zero attached hydrogens (tertiary/aromatic N) is 1. The van der Waals surface area contributed by atoms with Crippen LogP contribution in [-0.4, -0.2) is 33.9 Å². The van der Waals surface area contributed by atoms with Crippen molar-refractivity contribution in [1.82, 2.24) is 4.90 Å². The Morgan fingerprint density at radius 2 is 1.90 bits per heavy atom. The van der Waals surface area contributed by atoms with E-state index >= 15 is 0 Å². The molecule has 1 atom stereocenters. The van der Waals surface area contributed by atoms with Crippen molar-refractivity contribution in [2.24, 2.45) is 0 Å². The summed E-state index contributed by atoms with van der Waals surface area (Å²) in [5.41, 5.74) is 0.323. The summed E-state index contributed by atoms with van der Waals surface area (Å²) in [7, 11) is 1.31. The summed E-state index contributed by atoms with van der Waals surface area (Å²) < 4.78 is 24.4. The second-order valence-electron chi connectivity index (χ2n) is 6.95. The smallest absolute Gasteiger partial charge is 0.296 e. The molecule has 3 aromatic rings. The Kier molecular flexibility index (Phi) is 5.21. The number of methoxy groups -OCH3 is 1. The highest BCUT2D eigenvalue weighted by Gasteiger charge is 2.46. The van der Waals surface area contributed by atoms with Gasteiger partial charge in [0.05, 0.1) is 31.5 Å². The number of rotatable bonds is 5. The van der Waals surface area contributed by atoms with Crippen LogP contribution in [0.1, 0.15) is 22.9 Å². The van der Waals surface area contributed by atoms with Crippen molar-refractivity contribution in [2.75, 3.05) is 7.11 Å². The zero-order valence-corrected chi connectivity index (χ0v) is 16.4. The SMILES string of the molecule is COc1ccc(C(O)=C2C(=O)C(=O)N(Cc3ccco3)[C@@H]2c2ccc(O)cc2)cc1F. The molecule has 1 aliphatic heterocycles. The number of phenolic OH excluding ortho intramolecular Hbond substituents is 1. The van der Waals surface area contributed by atoms with Crippen molar-refractivity contribution in [2.45, 2.75) is 12.6 Å². The third kappa shape index (κ3) is 3.63. The molecule has 1 amide bonds. The fourth-order valence-corrected chi connectivity index (χ4v) is 3.59. The maximum atomic E-state index is 14.2. The number of hydrogen-bond acceptors (Lipinski definition) is 6. The second kappa shape index (κ2) is 7.98. The van der Waals surface area contributed by atoms with Gasteiger partial charge in [-0.3, -0.25) is 9.59 Å². The average Bonchev–Trinajstić information content (AvgIpc) is 3.36. The van der Waals surface area contributed by atoms with Crippen LogP contribution in [0.4, 0.5) is 4.39 Å². The van der Waals surface area contributed by atoms with Crippen molar-refractivity contribution in [3.8, 4) is 11.5 Å². The minimum Gasteiger partial charge on any atom is -0.508 e. The summed E-state index contributed by atoms with van der Waals surface area (Å²) >= 11 is 0. The number of furan rings is 1. The van der Waals surface area contributed by atoms with Gasteiger partial charge in [0.2, 0.25) is 0 Å². The summed E-state index contributed by atoms with van der Waals surface area (Å²) in [6, 6.07) is 12.0. The molecule has 4 rings (SSSR count).